The lowest BCUT2D eigenvalue weighted by atomic mass is 9.91. The number of halogens is 2. The molecule has 3 unspecified atom stereocenters. The number of hydrogen-bond donors (Lipinski definition) is 5. The number of rotatable bonds is 11. The van der Waals surface area contributed by atoms with Crippen molar-refractivity contribution in [2.24, 2.45) is 22.6 Å². The molecule has 4 heterocycles. The molecule has 2 aromatic heterocycles. The molecule has 3 fully saturated rings. The number of amides is 2. The van der Waals surface area contributed by atoms with Crippen LogP contribution in [0.3, 0.4) is 0 Å². The second kappa shape index (κ2) is 26.7. The molecule has 75 heavy (non-hydrogen) atoms. The van der Waals surface area contributed by atoms with E-state index in [0.29, 0.717) is 71.3 Å². The molecule has 2 aliphatic carbocycles. The highest BCUT2D eigenvalue weighted by Crippen LogP contribution is 2.45. The fourth-order valence-corrected chi connectivity index (χ4v) is 9.64. The van der Waals surface area contributed by atoms with Crippen LogP contribution in [0.15, 0.2) is 92.5 Å². The third-order valence-electron chi connectivity index (χ3n) is 14.1. The number of fused-ring (bicyclic) bond motifs is 1. The molecule has 1 saturated heterocycles. The van der Waals surface area contributed by atoms with Gasteiger partial charge in [0.05, 0.1) is 41.1 Å². The summed E-state index contributed by atoms with van der Waals surface area (Å²) in [7, 11) is 1.82. The average molecular weight is 1060 g/mol. The van der Waals surface area contributed by atoms with Gasteiger partial charge in [0.1, 0.15) is 17.6 Å². The van der Waals surface area contributed by atoms with Crippen LogP contribution < -0.4 is 25.8 Å². The van der Waals surface area contributed by atoms with Crippen LogP contribution in [-0.2, 0) is 9.53 Å². The number of allylic oxidation sites excluding steroid dienone is 1. The first kappa shape index (κ1) is 60.0. The fraction of sp³-hybridized carbons (Fsp3) is 0.500. The third-order valence-corrected chi connectivity index (χ3v) is 14.8. The number of aromatic nitrogens is 3. The molecule has 0 radical (unpaired) electrons. The van der Waals surface area contributed by atoms with Crippen molar-refractivity contribution in [2.75, 3.05) is 31.6 Å². The number of nitrogens with one attached hydrogen (secondary N) is 3. The number of aliphatic imine (C=N–C) groups is 1. The highest BCUT2D eigenvalue weighted by Gasteiger charge is 2.46. The van der Waals surface area contributed by atoms with Crippen LogP contribution in [-0.4, -0.2) is 75.9 Å². The molecule has 4 atom stereocenters. The molecule has 0 bridgehead atoms. The minimum absolute atomic E-state index is 0.0480. The molecule has 17 heteroatoms. The molecule has 5 N–H and O–H groups in total. The Bertz CT molecular complexity index is 2840. The van der Waals surface area contributed by atoms with Gasteiger partial charge in [-0.25, -0.2) is 13.6 Å². The third kappa shape index (κ3) is 15.4. The van der Waals surface area contributed by atoms with E-state index in [1.807, 2.05) is 62.2 Å². The summed E-state index contributed by atoms with van der Waals surface area (Å²) in [4.78, 5) is 49.3. The van der Waals surface area contributed by atoms with Crippen LogP contribution in [0.5, 0.6) is 0 Å². The Balaban J connectivity index is 0.000000210. The van der Waals surface area contributed by atoms with Gasteiger partial charge in [0.2, 0.25) is 5.91 Å². The number of aryl methyl sites for hydroxylation is 2. The first-order chi connectivity index (χ1) is 35.6. The van der Waals surface area contributed by atoms with Gasteiger partial charge in [0, 0.05) is 93.3 Å². The number of aromatic amines is 2. The second-order valence-corrected chi connectivity index (χ2v) is 21.0. The summed E-state index contributed by atoms with van der Waals surface area (Å²) in [5, 5.41) is 4.60. The Hall–Kier alpha value is -5.88. The number of anilines is 1. The van der Waals surface area contributed by atoms with Crippen molar-refractivity contribution in [2.45, 2.75) is 152 Å². The number of nitrogens with two attached hydrogens (primary N) is 1. The lowest BCUT2D eigenvalue weighted by molar-refractivity contribution is -0.116. The largest absolute Gasteiger partial charge is 0.438 e. The van der Waals surface area contributed by atoms with Gasteiger partial charge in [-0.3, -0.25) is 29.0 Å². The van der Waals surface area contributed by atoms with E-state index in [4.69, 9.17) is 28.3 Å². The van der Waals surface area contributed by atoms with E-state index in [1.54, 1.807) is 58.2 Å². The van der Waals surface area contributed by atoms with Crippen molar-refractivity contribution in [1.29, 1.82) is 0 Å². The first-order valence-corrected chi connectivity index (χ1v) is 27.0. The number of para-hydroxylation sites is 1. The van der Waals surface area contributed by atoms with Crippen LogP contribution in [0.1, 0.15) is 153 Å². The Morgan fingerprint density at radius 1 is 1.07 bits per heavy atom. The number of nitrogens with zero attached hydrogens (tertiary/aromatic N) is 5. The molecule has 9 rings (SSSR count). The zero-order valence-corrected chi connectivity index (χ0v) is 47.4. The molecule has 4 aliphatic rings. The van der Waals surface area contributed by atoms with Crippen molar-refractivity contribution < 1.29 is 27.6 Å². The van der Waals surface area contributed by atoms with E-state index in [9.17, 15) is 23.2 Å². The topological polar surface area (TPSA) is 175 Å². The number of carbonyl (C=O) groups excluding carboxylic acids is 2. The number of hydrogen-bond acceptors (Lipinski definition) is 10. The van der Waals surface area contributed by atoms with Crippen molar-refractivity contribution in [3.63, 3.8) is 0 Å². The molecule has 2 aliphatic heterocycles. The second-order valence-electron chi connectivity index (χ2n) is 20.4. The van der Waals surface area contributed by atoms with E-state index < -0.39 is 11.6 Å². The van der Waals surface area contributed by atoms with E-state index in [-0.39, 0.29) is 38.8 Å². The fourth-order valence-electron chi connectivity index (χ4n) is 9.20. The first-order valence-electron chi connectivity index (χ1n) is 26.6. The number of ether oxygens (including phenoxy) is 1. The highest BCUT2D eigenvalue weighted by molar-refractivity contribution is 7.79. The van der Waals surface area contributed by atoms with Crippen LogP contribution in [0.2, 0.25) is 0 Å². The molecule has 0 spiro atoms. The Morgan fingerprint density at radius 2 is 1.73 bits per heavy atom. The van der Waals surface area contributed by atoms with E-state index in [0.717, 1.165) is 65.9 Å². The lowest BCUT2D eigenvalue weighted by Gasteiger charge is -2.31. The van der Waals surface area contributed by atoms with Crippen molar-refractivity contribution >= 4 is 58.3 Å². The summed E-state index contributed by atoms with van der Waals surface area (Å²) in [6.07, 6.45) is 11.8. The van der Waals surface area contributed by atoms with Gasteiger partial charge in [-0.05, 0) is 127 Å². The van der Waals surface area contributed by atoms with Gasteiger partial charge < -0.3 is 20.4 Å². The van der Waals surface area contributed by atoms with Crippen molar-refractivity contribution in [1.82, 2.24) is 29.4 Å². The number of benzene rings is 3. The van der Waals surface area contributed by atoms with Gasteiger partial charge in [0.15, 0.2) is 17.3 Å². The molecule has 408 valence electrons. The Labute approximate surface area is 448 Å². The number of thiol groups is 1. The molecule has 2 amide bonds. The molecular weight excluding hydrogens is 973 g/mol. The van der Waals surface area contributed by atoms with Gasteiger partial charge >= 0.3 is 5.76 Å². The smallest absolute Gasteiger partial charge is 0.402 e. The van der Waals surface area contributed by atoms with Crippen molar-refractivity contribution in [3.05, 3.63) is 129 Å². The minimum atomic E-state index is -0.450. The van der Waals surface area contributed by atoms with E-state index in [2.05, 4.69) is 59.7 Å². The predicted molar refractivity (Wildman–Crippen MR) is 303 cm³/mol. The zero-order chi connectivity index (χ0) is 55.4. The van der Waals surface area contributed by atoms with Gasteiger partial charge in [0.25, 0.3) is 5.91 Å². The summed E-state index contributed by atoms with van der Waals surface area (Å²) in [6, 6.07) is 17.1. The van der Waals surface area contributed by atoms with Gasteiger partial charge in [-0.1, -0.05) is 64.1 Å². The summed E-state index contributed by atoms with van der Waals surface area (Å²) in [6.45, 7) is 25.0. The van der Waals surface area contributed by atoms with Crippen molar-refractivity contribution in [3.8, 4) is 0 Å². The number of carbonyl (C=O) groups is 2. The standard InChI is InChI=1S/C27H31FN4O.C16H23FN3OS.C7H14O.C6H8N2O2.C2H6/c1-5-16(2)26(30-20-12-17(3)25(28)18(4)13-20)21-15-32(11-10-22(21)29)27(33)24-14-19-8-6-7-9-23(19)31-24;1-5-10-19(12(3)21)14-8-9-15(11(2)16(14)17)20(22,18-4)13-6-7-13;1-7(2)5-3-4-6-8-7;1-3-2-4(3)5-7-6(9)10-8-5;1-2/h6-9,12-14,16,31H,5,10-11,15,29H2,1-4H3;5,8-10,13,18,22H,6-7H2,1-4H3;3-6H2,1-2H3;3-4H,2H2,1H3,(H,7,8,9);1-2H3/q;+1;;;/b;10-5-;;;/t;;;3?,4-;/m...1./s1. The molecular formula is C58H82F2N9O5S+. The summed E-state index contributed by atoms with van der Waals surface area (Å²) >= 11 is 4.72. The Morgan fingerprint density at radius 3 is 2.24 bits per heavy atom. The normalized spacial score (nSPS) is 19.3. The quantitative estimate of drug-likeness (QED) is 0.0376. The molecule has 2 saturated carbocycles. The Kier molecular flexibility index (Phi) is 21.4. The average Bonchev–Trinajstić information content (AvgIpc) is 4.30. The highest BCUT2D eigenvalue weighted by atomic mass is 32.1. The predicted octanol–water partition coefficient (Wildman–Crippen LogP) is 12.7. The van der Waals surface area contributed by atoms with E-state index >= 15 is 0 Å². The molecule has 14 nitrogen and oxygen atoms in total. The van der Waals surface area contributed by atoms with Crippen LogP contribution >= 0.6 is 12.8 Å². The maximum Gasteiger partial charge on any atom is 0.438 e. The number of quaternary nitrogens is 1. The summed E-state index contributed by atoms with van der Waals surface area (Å²) < 4.78 is 39.0. The maximum atomic E-state index is 14.8. The maximum absolute atomic E-state index is 14.8. The zero-order valence-electron chi connectivity index (χ0n) is 46.5. The van der Waals surface area contributed by atoms with Gasteiger partial charge in [-0.15, -0.1) is 0 Å². The van der Waals surface area contributed by atoms with E-state index in [1.165, 1.54) is 31.1 Å². The summed E-state index contributed by atoms with van der Waals surface area (Å²) in [5.74, 6) is 0.620. The molecule has 3 aromatic carbocycles. The molecule has 5 aromatic rings. The monoisotopic (exact) mass is 1050 g/mol. The minimum Gasteiger partial charge on any atom is -0.402 e. The van der Waals surface area contributed by atoms with Crippen LogP contribution in [0.4, 0.5) is 25.8 Å². The lowest BCUT2D eigenvalue weighted by Crippen LogP contribution is -2.52. The van der Waals surface area contributed by atoms with Gasteiger partial charge in [-0.2, -0.15) is 9.42 Å². The van der Waals surface area contributed by atoms with Crippen LogP contribution in [0.25, 0.3) is 10.9 Å². The summed E-state index contributed by atoms with van der Waals surface area (Å²) in [5.41, 5.74) is 17.2. The SMILES string of the molecule is C/C=C\N(C(C)=O)c1ccc([N+](S)(NC)C2CC2)c(C)c1F.CC.CC1(C)CCCCO1.CC1C[C@H]1c1noc(=O)[nH]1.CCC(C)C(=Nc1cc(C)c(F)c(C)c1)C1=C(N)CCN(C(=O)c2cc3ccccc3[nH]2)C1. The van der Waals surface area contributed by atoms with Crippen LogP contribution in [0, 0.1) is 44.2 Å². The number of H-pyrrole nitrogens is 2.